The first kappa shape index (κ1) is 18.1. The lowest BCUT2D eigenvalue weighted by molar-refractivity contribution is 0.253. The third kappa shape index (κ3) is 7.05. The molecule has 1 rings (SSSR count). The molecular weight excluding hydrogens is 357 g/mol. The molecule has 0 aromatic heterocycles. The Kier molecular flexibility index (Phi) is 5.22. The average molecular weight is 366 g/mol. The number of rotatable bonds is 6. The Hall–Kier alpha value is -0.930. The molecule has 0 bridgehead atoms. The van der Waals surface area contributed by atoms with Gasteiger partial charge in [-0.2, -0.15) is 0 Å². The predicted octanol–water partition coefficient (Wildman–Crippen LogP) is 0.101. The van der Waals surface area contributed by atoms with Gasteiger partial charge in [0.25, 0.3) is 0 Å². The van der Waals surface area contributed by atoms with E-state index < -0.39 is 40.7 Å². The minimum Gasteiger partial charge on any atom is -0.400 e. The minimum atomic E-state index is -5.24. The Morgan fingerprint density at radius 2 is 1.00 bits per heavy atom. The fourth-order valence-electron chi connectivity index (χ4n) is 1.10. The Bertz CT molecular complexity index is 609. The van der Waals surface area contributed by atoms with E-state index in [1.54, 1.807) is 0 Å². The molecule has 0 unspecified atom stereocenters. The molecule has 12 nitrogen and oxygen atoms in total. The SMILES string of the molecule is O=P(O)(O)Oc1cccc(OP(=O)(O)O)c1OP(=O)(O)O. The van der Waals surface area contributed by atoms with Crippen LogP contribution in [0, 0.1) is 0 Å². The zero-order valence-electron chi connectivity index (χ0n) is 9.71. The van der Waals surface area contributed by atoms with Crippen molar-refractivity contribution in [2.75, 3.05) is 0 Å². The van der Waals surface area contributed by atoms with Crippen molar-refractivity contribution < 1.29 is 56.6 Å². The van der Waals surface area contributed by atoms with Gasteiger partial charge in [-0.15, -0.1) is 0 Å². The smallest absolute Gasteiger partial charge is 0.400 e. The van der Waals surface area contributed by atoms with Crippen molar-refractivity contribution in [2.45, 2.75) is 0 Å². The van der Waals surface area contributed by atoms with Crippen LogP contribution in [0.4, 0.5) is 0 Å². The Labute approximate surface area is 116 Å². The van der Waals surface area contributed by atoms with Crippen LogP contribution >= 0.6 is 23.5 Å². The van der Waals surface area contributed by atoms with Crippen molar-refractivity contribution >= 4 is 23.5 Å². The first-order valence-electron chi connectivity index (χ1n) is 4.65. The molecular formula is C6H9O12P3. The van der Waals surface area contributed by atoms with Gasteiger partial charge in [-0.1, -0.05) is 6.07 Å². The average Bonchev–Trinajstić information content (AvgIpc) is 2.16. The molecule has 0 saturated heterocycles. The molecule has 0 amide bonds. The second-order valence-corrected chi connectivity index (χ2v) is 6.82. The largest absolute Gasteiger partial charge is 0.525 e. The van der Waals surface area contributed by atoms with Crippen molar-refractivity contribution in [3.05, 3.63) is 18.2 Å². The molecule has 0 spiro atoms. The van der Waals surface area contributed by atoms with Gasteiger partial charge in [-0.25, -0.2) is 13.7 Å². The van der Waals surface area contributed by atoms with Crippen LogP contribution in [0.1, 0.15) is 0 Å². The minimum absolute atomic E-state index is 0.830. The highest BCUT2D eigenvalue weighted by atomic mass is 31.2. The number of para-hydroxylation sites is 1. The fraction of sp³-hybridized carbons (Fsp3) is 0. The van der Waals surface area contributed by atoms with E-state index >= 15 is 0 Å². The highest BCUT2D eigenvalue weighted by Crippen LogP contribution is 2.53. The summed E-state index contributed by atoms with van der Waals surface area (Å²) in [5.41, 5.74) is 0. The Morgan fingerprint density at radius 1 is 0.667 bits per heavy atom. The molecule has 120 valence electrons. The molecule has 0 saturated carbocycles. The van der Waals surface area contributed by atoms with Gasteiger partial charge < -0.3 is 13.6 Å². The molecule has 0 radical (unpaired) electrons. The zero-order valence-corrected chi connectivity index (χ0v) is 12.4. The Morgan fingerprint density at radius 3 is 1.29 bits per heavy atom. The van der Waals surface area contributed by atoms with Crippen LogP contribution in [0.5, 0.6) is 17.2 Å². The van der Waals surface area contributed by atoms with E-state index in [0.717, 1.165) is 18.2 Å². The van der Waals surface area contributed by atoms with Crippen molar-refractivity contribution in [2.24, 2.45) is 0 Å². The third-order valence-electron chi connectivity index (χ3n) is 1.59. The molecule has 6 N–H and O–H groups in total. The lowest BCUT2D eigenvalue weighted by Gasteiger charge is -2.17. The lowest BCUT2D eigenvalue weighted by atomic mass is 10.3. The summed E-state index contributed by atoms with van der Waals surface area (Å²) in [6, 6.07) is 2.65. The predicted molar refractivity (Wildman–Crippen MR) is 64.5 cm³/mol. The quantitative estimate of drug-likeness (QED) is 0.371. The summed E-state index contributed by atoms with van der Waals surface area (Å²) in [4.78, 5) is 52.1. The molecule has 15 heteroatoms. The van der Waals surface area contributed by atoms with Crippen molar-refractivity contribution in [1.29, 1.82) is 0 Å². The van der Waals surface area contributed by atoms with Gasteiger partial charge in [-0.3, -0.25) is 29.4 Å². The standard InChI is InChI=1S/C6H9O12P3/c7-19(8,9)16-4-2-1-3-5(17-20(10,11)12)6(4)18-21(13,14)15/h1-3H,(H2,7,8,9)(H2,10,11,12)(H2,13,14,15). The molecule has 0 aliphatic carbocycles. The maximum Gasteiger partial charge on any atom is 0.525 e. The van der Waals surface area contributed by atoms with Gasteiger partial charge in [0.15, 0.2) is 11.5 Å². The summed E-state index contributed by atoms with van der Waals surface area (Å²) < 4.78 is 44.6. The first-order chi connectivity index (χ1) is 9.27. The maximum atomic E-state index is 10.8. The van der Waals surface area contributed by atoms with E-state index in [1.165, 1.54) is 0 Å². The number of phosphoric acid groups is 3. The summed E-state index contributed by atoms with van der Waals surface area (Å²) in [6.07, 6.45) is 0. The monoisotopic (exact) mass is 366 g/mol. The molecule has 1 aromatic rings. The van der Waals surface area contributed by atoms with Gasteiger partial charge >= 0.3 is 23.5 Å². The van der Waals surface area contributed by atoms with Crippen LogP contribution in [-0.2, 0) is 13.7 Å². The number of benzene rings is 1. The lowest BCUT2D eigenvalue weighted by Crippen LogP contribution is -1.99. The van der Waals surface area contributed by atoms with E-state index in [2.05, 4.69) is 13.6 Å². The molecule has 0 heterocycles. The second-order valence-electron chi connectivity index (χ2n) is 3.33. The van der Waals surface area contributed by atoms with Crippen LogP contribution in [0.25, 0.3) is 0 Å². The summed E-state index contributed by atoms with van der Waals surface area (Å²) in [6.45, 7) is 0. The van der Waals surface area contributed by atoms with Crippen LogP contribution in [0.3, 0.4) is 0 Å². The normalized spacial score (nSPS) is 12.9. The number of hydrogen-bond donors (Lipinski definition) is 6. The second kappa shape index (κ2) is 6.05. The Balaban J connectivity index is 3.37. The zero-order chi connectivity index (χ0) is 16.5. The van der Waals surface area contributed by atoms with Gasteiger partial charge in [0, 0.05) is 0 Å². The third-order valence-corrected chi connectivity index (χ3v) is 2.88. The highest BCUT2D eigenvalue weighted by molar-refractivity contribution is 7.47. The van der Waals surface area contributed by atoms with Crippen molar-refractivity contribution in [3.8, 4) is 17.2 Å². The molecule has 0 atom stereocenters. The number of hydrogen-bond acceptors (Lipinski definition) is 6. The van der Waals surface area contributed by atoms with Crippen LogP contribution in [-0.4, -0.2) is 29.4 Å². The molecule has 21 heavy (non-hydrogen) atoms. The topological polar surface area (TPSA) is 200 Å². The van der Waals surface area contributed by atoms with Gasteiger partial charge in [0.2, 0.25) is 5.75 Å². The van der Waals surface area contributed by atoms with Crippen LogP contribution < -0.4 is 13.6 Å². The van der Waals surface area contributed by atoms with Crippen LogP contribution in [0.15, 0.2) is 18.2 Å². The van der Waals surface area contributed by atoms with E-state index in [-0.39, 0.29) is 0 Å². The van der Waals surface area contributed by atoms with Crippen molar-refractivity contribution in [1.82, 2.24) is 0 Å². The fourth-order valence-corrected chi connectivity index (χ4v) is 2.32. The van der Waals surface area contributed by atoms with Gasteiger partial charge in [0.1, 0.15) is 0 Å². The summed E-state index contributed by atoms with van der Waals surface area (Å²) in [5, 5.41) is 0. The highest BCUT2D eigenvalue weighted by Gasteiger charge is 2.29. The van der Waals surface area contributed by atoms with Gasteiger partial charge in [-0.05, 0) is 12.1 Å². The molecule has 0 aliphatic heterocycles. The van der Waals surface area contributed by atoms with E-state index in [9.17, 15) is 13.7 Å². The van der Waals surface area contributed by atoms with E-state index in [0.29, 0.717) is 0 Å². The van der Waals surface area contributed by atoms with E-state index in [1.807, 2.05) is 0 Å². The maximum absolute atomic E-state index is 10.8. The molecule has 0 fully saturated rings. The number of phosphoric ester groups is 3. The van der Waals surface area contributed by atoms with Crippen LogP contribution in [0.2, 0.25) is 0 Å². The first-order valence-corrected chi connectivity index (χ1v) is 9.24. The van der Waals surface area contributed by atoms with Gasteiger partial charge in [0.05, 0.1) is 0 Å². The summed E-state index contributed by atoms with van der Waals surface area (Å²) >= 11 is 0. The molecule has 0 aliphatic rings. The summed E-state index contributed by atoms with van der Waals surface area (Å²) in [5.74, 6) is -2.87. The van der Waals surface area contributed by atoms with E-state index in [4.69, 9.17) is 29.4 Å². The molecule has 1 aromatic carbocycles. The van der Waals surface area contributed by atoms with Crippen molar-refractivity contribution in [3.63, 3.8) is 0 Å². The summed E-state index contributed by atoms with van der Waals surface area (Å²) in [7, 11) is -15.5.